The Hall–Kier alpha value is -4.56. The number of fused-ring (bicyclic) bond motifs is 4. The zero-order valence-corrected chi connectivity index (χ0v) is 20.0. The van der Waals surface area contributed by atoms with E-state index in [1.165, 1.54) is 33.2 Å². The molecule has 0 fully saturated rings. The van der Waals surface area contributed by atoms with Crippen LogP contribution in [0.25, 0.3) is 33.9 Å². The van der Waals surface area contributed by atoms with Crippen molar-refractivity contribution < 1.29 is 4.42 Å². The van der Waals surface area contributed by atoms with Crippen LogP contribution in [0.4, 0.5) is 0 Å². The second-order valence-corrected chi connectivity index (χ2v) is 9.53. The Balaban J connectivity index is 1.58. The number of aromatic nitrogens is 1. The minimum atomic E-state index is 0.0336. The van der Waals surface area contributed by atoms with Crippen molar-refractivity contribution in [3.8, 4) is 11.3 Å². The summed E-state index contributed by atoms with van der Waals surface area (Å²) in [4.78, 5) is 3.81. The van der Waals surface area contributed by atoms with Gasteiger partial charge in [0.25, 0.3) is 0 Å². The van der Waals surface area contributed by atoms with Crippen molar-refractivity contribution in [2.24, 2.45) is 0 Å². The van der Waals surface area contributed by atoms with Crippen LogP contribution in [0.2, 0.25) is 0 Å². The van der Waals surface area contributed by atoms with Crippen LogP contribution in [0.3, 0.4) is 0 Å². The van der Waals surface area contributed by atoms with Gasteiger partial charge in [-0.1, -0.05) is 103 Å². The average Bonchev–Trinajstić information content (AvgIpc) is 3.48. The van der Waals surface area contributed by atoms with E-state index in [2.05, 4.69) is 127 Å². The van der Waals surface area contributed by atoms with Gasteiger partial charge in [0.15, 0.2) is 0 Å². The Bertz CT molecular complexity index is 1720. The van der Waals surface area contributed by atoms with Gasteiger partial charge in [-0.25, -0.2) is 0 Å². The zero-order valence-electron chi connectivity index (χ0n) is 20.0. The molecule has 36 heavy (non-hydrogen) atoms. The van der Waals surface area contributed by atoms with E-state index in [9.17, 15) is 0 Å². The second-order valence-electron chi connectivity index (χ2n) is 9.53. The van der Waals surface area contributed by atoms with Crippen molar-refractivity contribution in [2.75, 3.05) is 0 Å². The highest BCUT2D eigenvalue weighted by Crippen LogP contribution is 2.48. The summed E-state index contributed by atoms with van der Waals surface area (Å²) in [5.41, 5.74) is 10.7. The van der Waals surface area contributed by atoms with Crippen LogP contribution in [0.1, 0.15) is 45.2 Å². The first-order chi connectivity index (χ1) is 17.8. The molecule has 2 nitrogen and oxygen atoms in total. The summed E-state index contributed by atoms with van der Waals surface area (Å²) in [5, 5.41) is 1.25. The number of aromatic amines is 1. The van der Waals surface area contributed by atoms with Gasteiger partial charge in [0.2, 0.25) is 0 Å². The predicted octanol–water partition coefficient (Wildman–Crippen LogP) is 8.82. The van der Waals surface area contributed by atoms with Gasteiger partial charge in [0, 0.05) is 33.5 Å². The standard InChI is InChI=1S/C34H25NO/c1-22-17-18-26-29(19-22)35-34-27(23-11-5-2-6-12-23)20-31-28(21-30(36-31)24-13-7-3-8-14-24)32(33(26)34)25-15-9-4-10-16-25/h2-21,32,35H,1H3. The topological polar surface area (TPSA) is 28.9 Å². The van der Waals surface area contributed by atoms with Gasteiger partial charge in [0.05, 0.1) is 5.69 Å². The maximum Gasteiger partial charge on any atom is 0.135 e. The van der Waals surface area contributed by atoms with Crippen LogP contribution < -0.4 is 0 Å². The summed E-state index contributed by atoms with van der Waals surface area (Å²) in [6, 6.07) is 40.7. The summed E-state index contributed by atoms with van der Waals surface area (Å²) in [6.45, 7) is 2.15. The highest BCUT2D eigenvalue weighted by atomic mass is 16.3. The van der Waals surface area contributed by atoms with Crippen LogP contribution in [0, 0.1) is 6.92 Å². The van der Waals surface area contributed by atoms with E-state index in [4.69, 9.17) is 4.42 Å². The number of benzene rings is 4. The molecule has 0 saturated carbocycles. The highest BCUT2D eigenvalue weighted by molar-refractivity contribution is 6.00. The number of H-pyrrole nitrogens is 1. The quantitative estimate of drug-likeness (QED) is 0.279. The molecular formula is C34H25NO. The van der Waals surface area contributed by atoms with E-state index in [1.54, 1.807) is 0 Å². The van der Waals surface area contributed by atoms with Crippen molar-refractivity contribution >= 4 is 22.6 Å². The molecular weight excluding hydrogens is 438 g/mol. The van der Waals surface area contributed by atoms with E-state index in [0.29, 0.717) is 0 Å². The largest absolute Gasteiger partial charge is 0.456 e. The summed E-state index contributed by atoms with van der Waals surface area (Å²) in [6.07, 6.45) is 2.22. The Morgan fingerprint density at radius 3 is 2.08 bits per heavy atom. The molecule has 6 aromatic rings. The lowest BCUT2D eigenvalue weighted by molar-refractivity contribution is 0.567. The molecule has 0 saturated heterocycles. The molecule has 172 valence electrons. The van der Waals surface area contributed by atoms with Crippen LogP contribution in [0.5, 0.6) is 0 Å². The van der Waals surface area contributed by atoms with E-state index in [0.717, 1.165) is 33.9 Å². The van der Waals surface area contributed by atoms with Crippen molar-refractivity contribution in [3.63, 3.8) is 0 Å². The molecule has 7 rings (SSSR count). The molecule has 2 heterocycles. The van der Waals surface area contributed by atoms with Gasteiger partial charge >= 0.3 is 0 Å². The molecule has 1 N–H and O–H groups in total. The number of nitrogens with one attached hydrogen (secondary N) is 1. The number of hydrogen-bond acceptors (Lipinski definition) is 1. The zero-order chi connectivity index (χ0) is 24.1. The van der Waals surface area contributed by atoms with Gasteiger partial charge in [-0.15, -0.1) is 0 Å². The SMILES string of the molecule is Cc1ccc2c3c([nH]c2c1)C(c1ccccc1)=Cc1oc(-c2ccccc2)cc1C3c1ccccc1. The van der Waals surface area contributed by atoms with Crippen molar-refractivity contribution in [1.29, 1.82) is 0 Å². The molecule has 1 atom stereocenters. The molecule has 2 aromatic heterocycles. The summed E-state index contributed by atoms with van der Waals surface area (Å²) in [7, 11) is 0. The second kappa shape index (κ2) is 8.28. The lowest BCUT2D eigenvalue weighted by Crippen LogP contribution is -2.04. The molecule has 1 aliphatic carbocycles. The number of furan rings is 1. The minimum absolute atomic E-state index is 0.0336. The summed E-state index contributed by atoms with van der Waals surface area (Å²) in [5.74, 6) is 1.84. The van der Waals surface area contributed by atoms with Crippen LogP contribution >= 0.6 is 0 Å². The molecule has 0 amide bonds. The van der Waals surface area contributed by atoms with Crippen LogP contribution in [0.15, 0.2) is 120 Å². The first kappa shape index (κ1) is 20.8. The van der Waals surface area contributed by atoms with E-state index in [1.807, 2.05) is 6.07 Å². The molecule has 1 aliphatic rings. The molecule has 0 aliphatic heterocycles. The summed E-state index contributed by atoms with van der Waals surface area (Å²) >= 11 is 0. The molecule has 0 radical (unpaired) electrons. The number of rotatable bonds is 3. The van der Waals surface area contributed by atoms with E-state index in [-0.39, 0.29) is 5.92 Å². The Labute approximate surface area is 210 Å². The molecule has 0 bridgehead atoms. The van der Waals surface area contributed by atoms with Gasteiger partial charge in [-0.3, -0.25) is 0 Å². The lowest BCUT2D eigenvalue weighted by Gasteiger charge is -2.18. The normalized spacial score (nSPS) is 14.7. The Morgan fingerprint density at radius 2 is 1.36 bits per heavy atom. The van der Waals surface area contributed by atoms with E-state index < -0.39 is 0 Å². The first-order valence-electron chi connectivity index (χ1n) is 12.4. The monoisotopic (exact) mass is 463 g/mol. The van der Waals surface area contributed by atoms with Gasteiger partial charge in [-0.05, 0) is 47.4 Å². The third kappa shape index (κ3) is 3.34. The molecule has 2 heteroatoms. The predicted molar refractivity (Wildman–Crippen MR) is 148 cm³/mol. The fourth-order valence-corrected chi connectivity index (χ4v) is 5.54. The van der Waals surface area contributed by atoms with Crippen molar-refractivity contribution in [1.82, 2.24) is 4.98 Å². The summed E-state index contributed by atoms with van der Waals surface area (Å²) < 4.78 is 6.62. The Kier molecular flexibility index (Phi) is 4.78. The minimum Gasteiger partial charge on any atom is -0.456 e. The molecule has 4 aromatic carbocycles. The van der Waals surface area contributed by atoms with Crippen LogP contribution in [-0.2, 0) is 0 Å². The molecule has 1 unspecified atom stereocenters. The fourth-order valence-electron chi connectivity index (χ4n) is 5.54. The maximum atomic E-state index is 6.62. The lowest BCUT2D eigenvalue weighted by atomic mass is 9.83. The number of hydrogen-bond donors (Lipinski definition) is 1. The van der Waals surface area contributed by atoms with Crippen molar-refractivity contribution in [2.45, 2.75) is 12.8 Å². The Morgan fingerprint density at radius 1 is 0.694 bits per heavy atom. The number of aryl methyl sites for hydroxylation is 1. The third-order valence-corrected chi connectivity index (χ3v) is 7.21. The smallest absolute Gasteiger partial charge is 0.135 e. The van der Waals surface area contributed by atoms with Crippen LogP contribution in [-0.4, -0.2) is 4.98 Å². The average molecular weight is 464 g/mol. The first-order valence-corrected chi connectivity index (χ1v) is 12.4. The third-order valence-electron chi connectivity index (χ3n) is 7.21. The van der Waals surface area contributed by atoms with Gasteiger partial charge in [0.1, 0.15) is 11.5 Å². The van der Waals surface area contributed by atoms with Crippen molar-refractivity contribution in [3.05, 3.63) is 155 Å². The van der Waals surface area contributed by atoms with Gasteiger partial charge < -0.3 is 9.40 Å². The fraction of sp³-hybridized carbons (Fsp3) is 0.0588. The van der Waals surface area contributed by atoms with E-state index >= 15 is 0 Å². The maximum absolute atomic E-state index is 6.62. The highest BCUT2D eigenvalue weighted by Gasteiger charge is 2.32. The molecule has 0 spiro atoms. The van der Waals surface area contributed by atoms with Gasteiger partial charge in [-0.2, -0.15) is 0 Å².